The summed E-state index contributed by atoms with van der Waals surface area (Å²) in [4.78, 5) is 9.32. The fraction of sp³-hybridized carbons (Fsp3) is 0.864. The molecule has 0 amide bonds. The summed E-state index contributed by atoms with van der Waals surface area (Å²) < 4.78 is 13.2. The first-order valence-corrected chi connectivity index (χ1v) is 11.9. The maximum absolute atomic E-state index is 6.01. The molecule has 1 atom stereocenters. The van der Waals surface area contributed by atoms with Gasteiger partial charge in [0.15, 0.2) is 11.8 Å². The van der Waals surface area contributed by atoms with Gasteiger partial charge in [0.05, 0.1) is 12.6 Å². The van der Waals surface area contributed by atoms with Crippen LogP contribution in [0.2, 0.25) is 0 Å². The summed E-state index contributed by atoms with van der Waals surface area (Å²) in [7, 11) is 1.67. The molecule has 1 fully saturated rings. The molecule has 0 radical (unpaired) electrons. The summed E-state index contributed by atoms with van der Waals surface area (Å²) in [6.07, 6.45) is 12.5. The van der Waals surface area contributed by atoms with Crippen molar-refractivity contribution in [2.45, 2.75) is 96.4 Å². The first-order chi connectivity index (χ1) is 14.8. The van der Waals surface area contributed by atoms with Crippen LogP contribution in [0.5, 0.6) is 0 Å². The first-order valence-electron chi connectivity index (χ1n) is 11.9. The standard InChI is InChI=1S/C22H40N6O2/c1-3-23-22(24-14-8-5-9-15-30-19-10-6-4-7-11-19)25-18-12-13-21-26-20(17-29-2)27-28(21)16-18/h18-19H,3-17H2,1-2H3,(H2,23,24,25). The molecule has 2 heterocycles. The van der Waals surface area contributed by atoms with Crippen LogP contribution in [-0.2, 0) is 29.0 Å². The normalized spacial score (nSPS) is 20.2. The Morgan fingerprint density at radius 1 is 1.17 bits per heavy atom. The summed E-state index contributed by atoms with van der Waals surface area (Å²) in [5.74, 6) is 2.72. The quantitative estimate of drug-likeness (QED) is 0.325. The molecule has 8 heteroatoms. The van der Waals surface area contributed by atoms with Gasteiger partial charge in [-0.15, -0.1) is 0 Å². The number of hydrogen-bond acceptors (Lipinski definition) is 5. The predicted octanol–water partition coefficient (Wildman–Crippen LogP) is 2.81. The molecule has 0 saturated heterocycles. The number of unbranched alkanes of at least 4 members (excludes halogenated alkanes) is 2. The van der Waals surface area contributed by atoms with Gasteiger partial charge in [0, 0.05) is 39.3 Å². The molecular formula is C22H40N6O2. The van der Waals surface area contributed by atoms with Gasteiger partial charge in [-0.1, -0.05) is 19.3 Å². The largest absolute Gasteiger partial charge is 0.378 e. The monoisotopic (exact) mass is 420 g/mol. The Hall–Kier alpha value is -1.67. The van der Waals surface area contributed by atoms with Gasteiger partial charge in [0.2, 0.25) is 0 Å². The van der Waals surface area contributed by atoms with E-state index in [1.54, 1.807) is 7.11 Å². The van der Waals surface area contributed by atoms with Gasteiger partial charge in [-0.3, -0.25) is 4.99 Å². The molecule has 0 aromatic carbocycles. The van der Waals surface area contributed by atoms with E-state index in [0.29, 0.717) is 18.8 Å². The Morgan fingerprint density at radius 2 is 2.03 bits per heavy atom. The van der Waals surface area contributed by atoms with E-state index < -0.39 is 0 Å². The van der Waals surface area contributed by atoms with Gasteiger partial charge >= 0.3 is 0 Å². The van der Waals surface area contributed by atoms with Crippen molar-refractivity contribution in [2.75, 3.05) is 26.8 Å². The molecule has 2 N–H and O–H groups in total. The van der Waals surface area contributed by atoms with Gasteiger partial charge in [0.25, 0.3) is 0 Å². The molecule has 30 heavy (non-hydrogen) atoms. The Bertz CT molecular complexity index is 642. The van der Waals surface area contributed by atoms with E-state index in [0.717, 1.165) is 69.5 Å². The third kappa shape index (κ3) is 7.54. The Morgan fingerprint density at radius 3 is 2.83 bits per heavy atom. The Labute approximate surface area is 181 Å². The summed E-state index contributed by atoms with van der Waals surface area (Å²) in [5, 5.41) is 11.5. The van der Waals surface area contributed by atoms with Gasteiger partial charge in [-0.05, 0) is 45.4 Å². The van der Waals surface area contributed by atoms with Crippen LogP contribution in [0.4, 0.5) is 0 Å². The molecule has 2 aliphatic rings. The lowest BCUT2D eigenvalue weighted by Gasteiger charge is -2.25. The predicted molar refractivity (Wildman–Crippen MR) is 119 cm³/mol. The number of nitrogens with one attached hydrogen (secondary N) is 2. The first kappa shape index (κ1) is 23.0. The third-order valence-corrected chi connectivity index (χ3v) is 5.84. The molecule has 0 bridgehead atoms. The zero-order chi connectivity index (χ0) is 21.0. The fourth-order valence-electron chi connectivity index (χ4n) is 4.25. The lowest BCUT2D eigenvalue weighted by atomic mass is 9.98. The van der Waals surface area contributed by atoms with E-state index in [4.69, 9.17) is 14.5 Å². The second-order valence-electron chi connectivity index (χ2n) is 8.39. The number of hydrogen-bond donors (Lipinski definition) is 2. The maximum atomic E-state index is 6.01. The number of aliphatic imine (C=N–C) groups is 1. The minimum absolute atomic E-state index is 0.316. The van der Waals surface area contributed by atoms with Crippen LogP contribution < -0.4 is 10.6 Å². The number of fused-ring (bicyclic) bond motifs is 1. The molecule has 1 aliphatic carbocycles. The topological polar surface area (TPSA) is 85.6 Å². The molecule has 0 spiro atoms. The van der Waals surface area contributed by atoms with Crippen molar-refractivity contribution in [1.29, 1.82) is 0 Å². The number of nitrogens with zero attached hydrogens (tertiary/aromatic N) is 4. The summed E-state index contributed by atoms with van der Waals surface area (Å²) in [5.41, 5.74) is 0. The zero-order valence-electron chi connectivity index (χ0n) is 18.9. The minimum Gasteiger partial charge on any atom is -0.378 e. The number of rotatable bonds is 11. The molecule has 8 nitrogen and oxygen atoms in total. The van der Waals surface area contributed by atoms with Crippen molar-refractivity contribution < 1.29 is 9.47 Å². The van der Waals surface area contributed by atoms with E-state index in [1.165, 1.54) is 38.5 Å². The van der Waals surface area contributed by atoms with E-state index in [9.17, 15) is 0 Å². The summed E-state index contributed by atoms with van der Waals surface area (Å²) in [6, 6.07) is 0.316. The summed E-state index contributed by atoms with van der Waals surface area (Å²) >= 11 is 0. The van der Waals surface area contributed by atoms with Crippen molar-refractivity contribution in [1.82, 2.24) is 25.4 Å². The van der Waals surface area contributed by atoms with Gasteiger partial charge < -0.3 is 20.1 Å². The highest BCUT2D eigenvalue weighted by Gasteiger charge is 2.22. The van der Waals surface area contributed by atoms with Crippen LogP contribution in [-0.4, -0.2) is 59.7 Å². The molecule has 3 rings (SSSR count). The minimum atomic E-state index is 0.316. The van der Waals surface area contributed by atoms with E-state index in [2.05, 4.69) is 27.6 Å². The lowest BCUT2D eigenvalue weighted by Crippen LogP contribution is -2.47. The second-order valence-corrected chi connectivity index (χ2v) is 8.39. The van der Waals surface area contributed by atoms with Gasteiger partial charge in [-0.25, -0.2) is 9.67 Å². The highest BCUT2D eigenvalue weighted by atomic mass is 16.5. The van der Waals surface area contributed by atoms with Crippen LogP contribution in [0, 0.1) is 0 Å². The van der Waals surface area contributed by atoms with Crippen molar-refractivity contribution in [3.8, 4) is 0 Å². The molecular weight excluding hydrogens is 380 g/mol. The third-order valence-electron chi connectivity index (χ3n) is 5.84. The SMILES string of the molecule is CCNC(=NCCCCCOC1CCCCC1)NC1CCc2nc(COC)nn2C1. The van der Waals surface area contributed by atoms with Crippen LogP contribution in [0.1, 0.15) is 76.4 Å². The molecule has 1 aliphatic heterocycles. The average molecular weight is 421 g/mol. The number of aryl methyl sites for hydroxylation is 1. The Kier molecular flexibility index (Phi) is 9.89. The van der Waals surface area contributed by atoms with E-state index in [1.807, 2.05) is 4.68 Å². The fourth-order valence-corrected chi connectivity index (χ4v) is 4.25. The maximum Gasteiger partial charge on any atom is 0.191 e. The lowest BCUT2D eigenvalue weighted by molar-refractivity contribution is 0.0264. The van der Waals surface area contributed by atoms with E-state index >= 15 is 0 Å². The molecule has 1 unspecified atom stereocenters. The number of methoxy groups -OCH3 is 1. The molecule has 1 aromatic rings. The van der Waals surface area contributed by atoms with Gasteiger partial charge in [0.1, 0.15) is 12.4 Å². The van der Waals surface area contributed by atoms with Crippen molar-refractivity contribution in [3.05, 3.63) is 11.6 Å². The zero-order valence-corrected chi connectivity index (χ0v) is 18.9. The van der Waals surface area contributed by atoms with Crippen LogP contribution in [0.3, 0.4) is 0 Å². The molecule has 1 saturated carbocycles. The highest BCUT2D eigenvalue weighted by Crippen LogP contribution is 2.20. The van der Waals surface area contributed by atoms with Crippen LogP contribution in [0.15, 0.2) is 4.99 Å². The number of guanidine groups is 1. The van der Waals surface area contributed by atoms with Crippen molar-refractivity contribution in [2.24, 2.45) is 4.99 Å². The van der Waals surface area contributed by atoms with E-state index in [-0.39, 0.29) is 0 Å². The van der Waals surface area contributed by atoms with Gasteiger partial charge in [-0.2, -0.15) is 5.10 Å². The number of aromatic nitrogens is 3. The average Bonchev–Trinajstić information content (AvgIpc) is 3.16. The summed E-state index contributed by atoms with van der Waals surface area (Å²) in [6.45, 7) is 5.99. The van der Waals surface area contributed by atoms with Crippen LogP contribution >= 0.6 is 0 Å². The number of ether oxygens (including phenoxy) is 2. The molecule has 1 aromatic heterocycles. The molecule has 170 valence electrons. The smallest absolute Gasteiger partial charge is 0.191 e. The van der Waals surface area contributed by atoms with Crippen LogP contribution in [0.25, 0.3) is 0 Å². The van der Waals surface area contributed by atoms with Crippen molar-refractivity contribution in [3.63, 3.8) is 0 Å². The second kappa shape index (κ2) is 12.9. The van der Waals surface area contributed by atoms with Crippen molar-refractivity contribution >= 4 is 5.96 Å². The highest BCUT2D eigenvalue weighted by molar-refractivity contribution is 5.80. The Balaban J connectivity index is 1.34.